The van der Waals surface area contributed by atoms with Crippen LogP contribution >= 0.6 is 0 Å². The molecule has 0 aliphatic rings. The maximum atomic E-state index is 13.5. The SMILES string of the molecule is CC(C)CCN(CCC(O)(Cc1ccccc1)N(Cc1ccccc1)C(=O)O)S(=O)(=O)c1ccccc1. The van der Waals surface area contributed by atoms with Crippen LogP contribution in [0, 0.1) is 5.92 Å². The highest BCUT2D eigenvalue weighted by Gasteiger charge is 2.39. The zero-order chi connectivity index (χ0) is 26.9. The third kappa shape index (κ3) is 7.89. The van der Waals surface area contributed by atoms with Crippen LogP contribution in [0.3, 0.4) is 0 Å². The molecule has 3 aromatic carbocycles. The predicted octanol–water partition coefficient (Wildman–Crippen LogP) is 5.23. The lowest BCUT2D eigenvalue weighted by atomic mass is 9.97. The lowest BCUT2D eigenvalue weighted by Crippen LogP contribution is -2.54. The topological polar surface area (TPSA) is 98.2 Å². The summed E-state index contributed by atoms with van der Waals surface area (Å²) in [6, 6.07) is 26.4. The van der Waals surface area contributed by atoms with Gasteiger partial charge in [0.25, 0.3) is 0 Å². The van der Waals surface area contributed by atoms with Gasteiger partial charge in [0.15, 0.2) is 0 Å². The Kier molecular flexibility index (Phi) is 9.86. The molecule has 3 aromatic rings. The van der Waals surface area contributed by atoms with Crippen LogP contribution in [-0.4, -0.2) is 52.7 Å². The van der Waals surface area contributed by atoms with Gasteiger partial charge in [0.05, 0.1) is 11.4 Å². The monoisotopic (exact) mass is 524 g/mol. The van der Waals surface area contributed by atoms with Gasteiger partial charge in [-0.3, -0.25) is 4.90 Å². The van der Waals surface area contributed by atoms with Crippen molar-refractivity contribution in [3.8, 4) is 0 Å². The predicted molar refractivity (Wildman–Crippen MR) is 144 cm³/mol. The molecule has 0 saturated heterocycles. The van der Waals surface area contributed by atoms with Gasteiger partial charge in [-0.25, -0.2) is 13.2 Å². The zero-order valence-corrected chi connectivity index (χ0v) is 22.2. The highest BCUT2D eigenvalue weighted by atomic mass is 32.2. The third-order valence-electron chi connectivity index (χ3n) is 6.35. The Bertz CT molecular complexity index is 1220. The van der Waals surface area contributed by atoms with Crippen LogP contribution < -0.4 is 0 Å². The fourth-order valence-corrected chi connectivity index (χ4v) is 5.68. The molecule has 37 heavy (non-hydrogen) atoms. The van der Waals surface area contributed by atoms with Crippen LogP contribution in [0.4, 0.5) is 4.79 Å². The molecule has 1 amide bonds. The Hall–Kier alpha value is -3.20. The average Bonchev–Trinajstić information content (AvgIpc) is 2.88. The summed E-state index contributed by atoms with van der Waals surface area (Å²) in [6.45, 7) is 4.24. The van der Waals surface area contributed by atoms with Gasteiger partial charge in [-0.05, 0) is 35.6 Å². The van der Waals surface area contributed by atoms with Crippen molar-refractivity contribution >= 4 is 16.1 Å². The van der Waals surface area contributed by atoms with Gasteiger partial charge < -0.3 is 10.2 Å². The van der Waals surface area contributed by atoms with E-state index in [9.17, 15) is 23.4 Å². The summed E-state index contributed by atoms with van der Waals surface area (Å²) < 4.78 is 28.4. The van der Waals surface area contributed by atoms with Crippen LogP contribution in [0.5, 0.6) is 0 Å². The maximum absolute atomic E-state index is 13.5. The molecule has 3 rings (SSSR count). The minimum atomic E-state index is -3.84. The highest BCUT2D eigenvalue weighted by Crippen LogP contribution is 2.27. The van der Waals surface area contributed by atoms with Crippen molar-refractivity contribution in [2.75, 3.05) is 13.1 Å². The van der Waals surface area contributed by atoms with E-state index in [1.165, 1.54) is 4.31 Å². The fraction of sp³-hybridized carbons (Fsp3) is 0.345. The van der Waals surface area contributed by atoms with Crippen molar-refractivity contribution in [2.24, 2.45) is 5.92 Å². The molecule has 0 aliphatic heterocycles. The van der Waals surface area contributed by atoms with E-state index in [2.05, 4.69) is 0 Å². The molecule has 198 valence electrons. The van der Waals surface area contributed by atoms with Gasteiger partial charge in [-0.1, -0.05) is 92.7 Å². The standard InChI is InChI=1S/C29H36N2O5S/c1-24(2)18-20-30(37(35,36)27-16-10-5-11-17-27)21-19-29(34,22-25-12-6-3-7-13-25)31(28(32)33)23-26-14-8-4-9-15-26/h3-17,24,34H,18-23H2,1-2H3,(H,32,33). The molecule has 0 bridgehead atoms. The molecule has 0 aromatic heterocycles. The van der Waals surface area contributed by atoms with Gasteiger partial charge in [-0.15, -0.1) is 0 Å². The summed E-state index contributed by atoms with van der Waals surface area (Å²) in [4.78, 5) is 13.6. The van der Waals surface area contributed by atoms with Crippen molar-refractivity contribution in [3.05, 3.63) is 102 Å². The smallest absolute Gasteiger partial charge is 0.409 e. The second-order valence-electron chi connectivity index (χ2n) is 9.65. The molecular weight excluding hydrogens is 488 g/mol. The molecule has 0 fully saturated rings. The average molecular weight is 525 g/mol. The quantitative estimate of drug-likeness (QED) is 0.299. The number of carbonyl (C=O) groups is 1. The number of rotatable bonds is 13. The molecule has 0 radical (unpaired) electrons. The number of hydrogen-bond acceptors (Lipinski definition) is 4. The number of sulfonamides is 1. The van der Waals surface area contributed by atoms with Crippen LogP contribution in [0.1, 0.15) is 37.8 Å². The van der Waals surface area contributed by atoms with E-state index < -0.39 is 21.8 Å². The molecular formula is C29H36N2O5S. The first-order valence-corrected chi connectivity index (χ1v) is 13.9. The second-order valence-corrected chi connectivity index (χ2v) is 11.6. The largest absolute Gasteiger partial charge is 0.465 e. The molecule has 0 saturated carbocycles. The van der Waals surface area contributed by atoms with Crippen molar-refractivity contribution in [1.29, 1.82) is 0 Å². The first-order valence-electron chi connectivity index (χ1n) is 12.5. The molecule has 0 heterocycles. The van der Waals surface area contributed by atoms with E-state index in [1.54, 1.807) is 42.5 Å². The summed E-state index contributed by atoms with van der Waals surface area (Å²) in [7, 11) is -3.84. The van der Waals surface area contributed by atoms with Crippen LogP contribution in [0.15, 0.2) is 95.9 Å². The molecule has 0 aliphatic carbocycles. The Labute approximate surface area is 220 Å². The number of amides is 1. The number of hydrogen-bond donors (Lipinski definition) is 2. The number of benzene rings is 3. The molecule has 1 atom stereocenters. The van der Waals surface area contributed by atoms with Crippen molar-refractivity contribution in [2.45, 2.75) is 50.3 Å². The summed E-state index contributed by atoms with van der Waals surface area (Å²) in [5.74, 6) is 0.269. The minimum absolute atomic E-state index is 0.0242. The van der Waals surface area contributed by atoms with Crippen molar-refractivity contribution in [1.82, 2.24) is 9.21 Å². The summed E-state index contributed by atoms with van der Waals surface area (Å²) in [5, 5.41) is 22.1. The first-order chi connectivity index (χ1) is 17.6. The lowest BCUT2D eigenvalue weighted by molar-refractivity contribution is -0.103. The molecule has 7 nitrogen and oxygen atoms in total. The number of carboxylic acid groups (broad SMARTS) is 1. The highest BCUT2D eigenvalue weighted by molar-refractivity contribution is 7.89. The van der Waals surface area contributed by atoms with Gasteiger partial charge in [0.1, 0.15) is 5.72 Å². The maximum Gasteiger partial charge on any atom is 0.409 e. The number of nitrogens with zero attached hydrogens (tertiary/aromatic N) is 2. The van der Waals surface area contributed by atoms with Crippen molar-refractivity contribution in [3.63, 3.8) is 0 Å². The van der Waals surface area contributed by atoms with E-state index in [0.29, 0.717) is 6.42 Å². The normalized spacial score (nSPS) is 13.4. The lowest BCUT2D eigenvalue weighted by Gasteiger charge is -2.39. The van der Waals surface area contributed by atoms with Crippen LogP contribution in [0.2, 0.25) is 0 Å². The van der Waals surface area contributed by atoms with Crippen LogP contribution in [0.25, 0.3) is 0 Å². The first kappa shape index (κ1) is 28.4. The summed E-state index contributed by atoms with van der Waals surface area (Å²) >= 11 is 0. The Morgan fingerprint density at radius 2 is 1.35 bits per heavy atom. The third-order valence-corrected chi connectivity index (χ3v) is 8.26. The molecule has 0 spiro atoms. The molecule has 1 unspecified atom stereocenters. The zero-order valence-electron chi connectivity index (χ0n) is 21.4. The van der Waals surface area contributed by atoms with Gasteiger partial charge in [0.2, 0.25) is 10.0 Å². The van der Waals surface area contributed by atoms with Gasteiger partial charge >= 0.3 is 6.09 Å². The van der Waals surface area contributed by atoms with Gasteiger partial charge in [-0.2, -0.15) is 4.31 Å². The van der Waals surface area contributed by atoms with E-state index >= 15 is 0 Å². The van der Waals surface area contributed by atoms with E-state index in [-0.39, 0.29) is 43.3 Å². The van der Waals surface area contributed by atoms with E-state index in [1.807, 2.05) is 62.4 Å². The molecule has 8 heteroatoms. The van der Waals surface area contributed by atoms with Crippen molar-refractivity contribution < 1.29 is 23.4 Å². The van der Waals surface area contributed by atoms with E-state index in [0.717, 1.165) is 16.0 Å². The minimum Gasteiger partial charge on any atom is -0.465 e. The molecule has 2 N–H and O–H groups in total. The Morgan fingerprint density at radius 3 is 1.86 bits per heavy atom. The Morgan fingerprint density at radius 1 is 0.838 bits per heavy atom. The summed E-state index contributed by atoms with van der Waals surface area (Å²) in [5.41, 5.74) is -0.361. The number of aliphatic hydroxyl groups is 1. The van der Waals surface area contributed by atoms with Crippen LogP contribution in [-0.2, 0) is 23.0 Å². The van der Waals surface area contributed by atoms with E-state index in [4.69, 9.17) is 0 Å². The summed E-state index contributed by atoms with van der Waals surface area (Å²) in [6.07, 6.45) is -0.709. The second kappa shape index (κ2) is 12.9. The Balaban J connectivity index is 1.95. The van der Waals surface area contributed by atoms with Gasteiger partial charge in [0, 0.05) is 25.9 Å². The fourth-order valence-electron chi connectivity index (χ4n) is 4.20.